The van der Waals surface area contributed by atoms with Gasteiger partial charge in [0.25, 0.3) is 0 Å². The first-order valence-electron chi connectivity index (χ1n) is 2.82. The fraction of sp³-hybridized carbons (Fsp3) is 0.143. The van der Waals surface area contributed by atoms with Gasteiger partial charge in [0.1, 0.15) is 10.8 Å². The lowest BCUT2D eigenvalue weighted by atomic mass is 10.3. The number of rotatable bonds is 1. The molecule has 0 spiro atoms. The van der Waals surface area contributed by atoms with Gasteiger partial charge in [-0.3, -0.25) is 4.79 Å². The monoisotopic (exact) mass is 155 g/mol. The predicted octanol–water partition coefficient (Wildman–Crippen LogP) is 1.86. The second-order valence-electron chi connectivity index (χ2n) is 1.96. The fourth-order valence-corrected chi connectivity index (χ4v) is 0.744. The van der Waals surface area contributed by atoms with Crippen LogP contribution in [0.15, 0.2) is 12.1 Å². The number of hydrogen-bond donors (Lipinski definition) is 0. The number of carbonyl (C=O) groups is 1. The number of pyridine rings is 1. The van der Waals surface area contributed by atoms with E-state index in [1.54, 1.807) is 12.1 Å². The molecule has 0 saturated carbocycles. The zero-order chi connectivity index (χ0) is 7.56. The minimum absolute atomic E-state index is 0.371. The van der Waals surface area contributed by atoms with E-state index in [1.165, 1.54) is 0 Å². The molecule has 0 aliphatic heterocycles. The quantitative estimate of drug-likeness (QED) is 0.458. The molecule has 3 heteroatoms. The van der Waals surface area contributed by atoms with Crippen LogP contribution < -0.4 is 0 Å². The van der Waals surface area contributed by atoms with Crippen molar-refractivity contribution in [2.24, 2.45) is 0 Å². The van der Waals surface area contributed by atoms with E-state index in [0.29, 0.717) is 17.1 Å². The number of carbonyl (C=O) groups excluding carboxylic acids is 1. The summed E-state index contributed by atoms with van der Waals surface area (Å²) in [6, 6.07) is 3.40. The standard InChI is InChI=1S/C7H6ClNO/c1-5-2-3-6(4-10)9-7(5)8/h2-4H,1H3. The van der Waals surface area contributed by atoms with Crippen molar-refractivity contribution in [1.29, 1.82) is 0 Å². The molecule has 1 heterocycles. The van der Waals surface area contributed by atoms with E-state index in [9.17, 15) is 4.79 Å². The third-order valence-electron chi connectivity index (χ3n) is 1.18. The Labute approximate surface area is 63.8 Å². The average molecular weight is 156 g/mol. The van der Waals surface area contributed by atoms with E-state index in [2.05, 4.69) is 4.98 Å². The molecule has 0 aromatic carbocycles. The molecule has 0 aliphatic rings. The number of nitrogens with zero attached hydrogens (tertiary/aromatic N) is 1. The summed E-state index contributed by atoms with van der Waals surface area (Å²) in [6.07, 6.45) is 0.672. The van der Waals surface area contributed by atoms with Gasteiger partial charge in [-0.25, -0.2) is 4.98 Å². The summed E-state index contributed by atoms with van der Waals surface area (Å²) in [5.41, 5.74) is 1.25. The lowest BCUT2D eigenvalue weighted by Crippen LogP contribution is -1.87. The van der Waals surface area contributed by atoms with Crippen molar-refractivity contribution in [3.05, 3.63) is 28.5 Å². The highest BCUT2D eigenvalue weighted by Crippen LogP contribution is 2.10. The Kier molecular flexibility index (Phi) is 2.02. The van der Waals surface area contributed by atoms with Crippen LogP contribution in [0.2, 0.25) is 5.15 Å². The van der Waals surface area contributed by atoms with Gasteiger partial charge in [0, 0.05) is 0 Å². The maximum Gasteiger partial charge on any atom is 0.168 e. The number of hydrogen-bond acceptors (Lipinski definition) is 2. The Hall–Kier alpha value is -0.890. The number of aromatic nitrogens is 1. The SMILES string of the molecule is Cc1ccc(C=O)nc1Cl. The van der Waals surface area contributed by atoms with Crippen molar-refractivity contribution in [3.8, 4) is 0 Å². The van der Waals surface area contributed by atoms with Crippen molar-refractivity contribution in [1.82, 2.24) is 4.98 Å². The Balaban J connectivity index is 3.16. The Morgan fingerprint density at radius 1 is 1.60 bits per heavy atom. The van der Waals surface area contributed by atoms with Gasteiger partial charge in [0.2, 0.25) is 0 Å². The van der Waals surface area contributed by atoms with E-state index < -0.39 is 0 Å². The van der Waals surface area contributed by atoms with Gasteiger partial charge in [-0.1, -0.05) is 17.7 Å². The largest absolute Gasteiger partial charge is 0.296 e. The summed E-state index contributed by atoms with van der Waals surface area (Å²) < 4.78 is 0. The maximum atomic E-state index is 10.1. The van der Waals surface area contributed by atoms with Gasteiger partial charge in [0.15, 0.2) is 6.29 Å². The Morgan fingerprint density at radius 2 is 2.30 bits per heavy atom. The summed E-state index contributed by atoms with van der Waals surface area (Å²) in [5, 5.41) is 0.393. The van der Waals surface area contributed by atoms with E-state index in [1.807, 2.05) is 6.92 Å². The molecule has 0 aliphatic carbocycles. The van der Waals surface area contributed by atoms with Crippen LogP contribution in [-0.2, 0) is 0 Å². The molecule has 0 N–H and O–H groups in total. The van der Waals surface area contributed by atoms with Crippen molar-refractivity contribution < 1.29 is 4.79 Å². The van der Waals surface area contributed by atoms with Crippen LogP contribution in [0.5, 0.6) is 0 Å². The molecule has 52 valence electrons. The first-order chi connectivity index (χ1) is 4.74. The summed E-state index contributed by atoms with van der Waals surface area (Å²) in [5.74, 6) is 0. The summed E-state index contributed by atoms with van der Waals surface area (Å²) in [7, 11) is 0. The van der Waals surface area contributed by atoms with Crippen molar-refractivity contribution >= 4 is 17.9 Å². The molecular weight excluding hydrogens is 150 g/mol. The average Bonchev–Trinajstić information content (AvgIpc) is 1.95. The summed E-state index contributed by atoms with van der Waals surface area (Å²) >= 11 is 5.62. The van der Waals surface area contributed by atoms with E-state index in [4.69, 9.17) is 11.6 Å². The second kappa shape index (κ2) is 2.80. The van der Waals surface area contributed by atoms with Gasteiger partial charge < -0.3 is 0 Å². The van der Waals surface area contributed by atoms with Crippen LogP contribution >= 0.6 is 11.6 Å². The molecule has 1 aromatic rings. The molecule has 0 radical (unpaired) electrons. The third kappa shape index (κ3) is 1.33. The van der Waals surface area contributed by atoms with Gasteiger partial charge in [-0.05, 0) is 18.6 Å². The Bertz CT molecular complexity index is 260. The molecule has 0 bridgehead atoms. The molecule has 1 aromatic heterocycles. The topological polar surface area (TPSA) is 30.0 Å². The molecule has 2 nitrogen and oxygen atoms in total. The van der Waals surface area contributed by atoms with Crippen molar-refractivity contribution in [2.75, 3.05) is 0 Å². The molecule has 10 heavy (non-hydrogen) atoms. The van der Waals surface area contributed by atoms with E-state index in [-0.39, 0.29) is 0 Å². The first kappa shape index (κ1) is 7.22. The summed E-state index contributed by atoms with van der Waals surface area (Å²) in [6.45, 7) is 1.84. The minimum Gasteiger partial charge on any atom is -0.296 e. The first-order valence-corrected chi connectivity index (χ1v) is 3.20. The number of aldehydes is 1. The molecular formula is C7H6ClNO. The van der Waals surface area contributed by atoms with Crippen LogP contribution in [0.25, 0.3) is 0 Å². The van der Waals surface area contributed by atoms with Crippen LogP contribution in [0.4, 0.5) is 0 Å². The Morgan fingerprint density at radius 3 is 2.80 bits per heavy atom. The molecule has 0 amide bonds. The van der Waals surface area contributed by atoms with Crippen molar-refractivity contribution in [3.63, 3.8) is 0 Å². The highest BCUT2D eigenvalue weighted by molar-refractivity contribution is 6.30. The smallest absolute Gasteiger partial charge is 0.168 e. The molecule has 1 rings (SSSR count). The predicted molar refractivity (Wildman–Crippen MR) is 39.4 cm³/mol. The molecule has 0 saturated heterocycles. The zero-order valence-electron chi connectivity index (χ0n) is 5.47. The highest BCUT2D eigenvalue weighted by atomic mass is 35.5. The van der Waals surface area contributed by atoms with Gasteiger partial charge in [0.05, 0.1) is 0 Å². The van der Waals surface area contributed by atoms with Gasteiger partial charge in [-0.15, -0.1) is 0 Å². The van der Waals surface area contributed by atoms with E-state index >= 15 is 0 Å². The fourth-order valence-electron chi connectivity index (χ4n) is 0.584. The van der Waals surface area contributed by atoms with Gasteiger partial charge in [-0.2, -0.15) is 0 Å². The van der Waals surface area contributed by atoms with Gasteiger partial charge >= 0.3 is 0 Å². The van der Waals surface area contributed by atoms with Crippen LogP contribution in [0.3, 0.4) is 0 Å². The van der Waals surface area contributed by atoms with Crippen LogP contribution in [0, 0.1) is 6.92 Å². The lowest BCUT2D eigenvalue weighted by molar-refractivity contribution is 0.111. The molecule has 0 fully saturated rings. The summed E-state index contributed by atoms with van der Waals surface area (Å²) in [4.78, 5) is 13.9. The maximum absolute atomic E-state index is 10.1. The second-order valence-corrected chi connectivity index (χ2v) is 2.32. The van der Waals surface area contributed by atoms with E-state index in [0.717, 1.165) is 5.56 Å². The molecule has 0 atom stereocenters. The number of aryl methyl sites for hydroxylation is 1. The zero-order valence-corrected chi connectivity index (χ0v) is 6.22. The highest BCUT2D eigenvalue weighted by Gasteiger charge is 1.96. The van der Waals surface area contributed by atoms with Crippen LogP contribution in [0.1, 0.15) is 16.1 Å². The normalized spacial score (nSPS) is 9.40. The third-order valence-corrected chi connectivity index (χ3v) is 1.56. The molecule has 0 unspecified atom stereocenters. The van der Waals surface area contributed by atoms with Crippen molar-refractivity contribution in [2.45, 2.75) is 6.92 Å². The lowest BCUT2D eigenvalue weighted by Gasteiger charge is -1.94. The van der Waals surface area contributed by atoms with Crippen LogP contribution in [-0.4, -0.2) is 11.3 Å². The minimum atomic E-state index is 0.371. The number of halogens is 1.